The van der Waals surface area contributed by atoms with Crippen LogP contribution >= 0.6 is 0 Å². The summed E-state index contributed by atoms with van der Waals surface area (Å²) in [5.41, 5.74) is 4.10. The zero-order valence-corrected chi connectivity index (χ0v) is 18.3. The van der Waals surface area contributed by atoms with E-state index in [1.807, 2.05) is 37.8 Å². The SMILES string of the molecule is Cc1ccc(C)c(NC(=O)N2CCN(c3nc(C)cc(N4CCCCC4)n3)CC2)c1. The molecule has 1 aromatic carbocycles. The van der Waals surface area contributed by atoms with Gasteiger partial charge in [-0.1, -0.05) is 12.1 Å². The Bertz CT molecular complexity index is 901. The molecule has 2 fully saturated rings. The van der Waals surface area contributed by atoms with E-state index in [9.17, 15) is 4.79 Å². The van der Waals surface area contributed by atoms with Crippen molar-refractivity contribution in [2.45, 2.75) is 40.0 Å². The Hall–Kier alpha value is -2.83. The fourth-order valence-electron chi connectivity index (χ4n) is 4.14. The van der Waals surface area contributed by atoms with Crippen LogP contribution in [0.3, 0.4) is 0 Å². The fraction of sp³-hybridized carbons (Fsp3) is 0.522. The van der Waals surface area contributed by atoms with Gasteiger partial charge in [-0.2, -0.15) is 4.98 Å². The molecule has 2 aliphatic rings. The summed E-state index contributed by atoms with van der Waals surface area (Å²) in [4.78, 5) is 28.7. The maximum absolute atomic E-state index is 12.7. The van der Waals surface area contributed by atoms with E-state index < -0.39 is 0 Å². The molecule has 7 heteroatoms. The highest BCUT2D eigenvalue weighted by Crippen LogP contribution is 2.22. The van der Waals surface area contributed by atoms with E-state index in [0.717, 1.165) is 60.5 Å². The van der Waals surface area contributed by atoms with Gasteiger partial charge in [0.05, 0.1) is 0 Å². The van der Waals surface area contributed by atoms with Crippen molar-refractivity contribution in [3.8, 4) is 0 Å². The number of carbonyl (C=O) groups is 1. The Morgan fingerprint density at radius 3 is 2.33 bits per heavy atom. The zero-order chi connectivity index (χ0) is 21.1. The number of nitrogens with zero attached hydrogens (tertiary/aromatic N) is 5. The van der Waals surface area contributed by atoms with Crippen LogP contribution in [0.4, 0.5) is 22.2 Å². The van der Waals surface area contributed by atoms with Gasteiger partial charge in [-0.3, -0.25) is 0 Å². The molecule has 3 heterocycles. The lowest BCUT2D eigenvalue weighted by atomic mass is 10.1. The normalized spacial score (nSPS) is 17.2. The number of aryl methyl sites for hydroxylation is 3. The van der Waals surface area contributed by atoms with Crippen molar-refractivity contribution < 1.29 is 4.79 Å². The van der Waals surface area contributed by atoms with Crippen molar-refractivity contribution in [3.05, 3.63) is 41.1 Å². The first-order valence-corrected chi connectivity index (χ1v) is 11.0. The molecule has 2 aromatic rings. The summed E-state index contributed by atoms with van der Waals surface area (Å²) in [5.74, 6) is 1.82. The smallest absolute Gasteiger partial charge is 0.321 e. The first-order chi connectivity index (χ1) is 14.5. The molecule has 0 bridgehead atoms. The minimum Gasteiger partial charge on any atom is -0.356 e. The molecule has 0 radical (unpaired) electrons. The number of hydrogen-bond acceptors (Lipinski definition) is 5. The number of urea groups is 1. The van der Waals surface area contributed by atoms with Gasteiger partial charge in [0.15, 0.2) is 0 Å². The Balaban J connectivity index is 1.39. The second-order valence-electron chi connectivity index (χ2n) is 8.44. The second kappa shape index (κ2) is 8.90. The molecule has 1 N–H and O–H groups in total. The monoisotopic (exact) mass is 408 g/mol. The van der Waals surface area contributed by atoms with Gasteiger partial charge in [0.2, 0.25) is 5.95 Å². The van der Waals surface area contributed by atoms with E-state index in [2.05, 4.69) is 32.2 Å². The average Bonchev–Trinajstić information content (AvgIpc) is 2.76. The van der Waals surface area contributed by atoms with Crippen molar-refractivity contribution >= 4 is 23.5 Å². The van der Waals surface area contributed by atoms with E-state index >= 15 is 0 Å². The number of piperidine rings is 1. The third-order valence-electron chi connectivity index (χ3n) is 5.99. The molecule has 4 rings (SSSR count). The van der Waals surface area contributed by atoms with Crippen LogP contribution < -0.4 is 15.1 Å². The quantitative estimate of drug-likeness (QED) is 0.838. The van der Waals surface area contributed by atoms with Crippen LogP contribution in [0.2, 0.25) is 0 Å². The number of carbonyl (C=O) groups excluding carboxylic acids is 1. The standard InChI is InChI=1S/C23H32N6O/c1-17-7-8-18(2)20(15-17)25-23(30)29-13-11-28(12-14-29)22-24-19(3)16-21(26-22)27-9-5-4-6-10-27/h7-8,15-16H,4-6,9-14H2,1-3H3,(H,25,30). The summed E-state index contributed by atoms with van der Waals surface area (Å²) in [6, 6.07) is 8.17. The zero-order valence-electron chi connectivity index (χ0n) is 18.3. The third-order valence-corrected chi connectivity index (χ3v) is 5.99. The van der Waals surface area contributed by atoms with E-state index in [1.165, 1.54) is 19.3 Å². The Morgan fingerprint density at radius 1 is 0.867 bits per heavy atom. The van der Waals surface area contributed by atoms with Gasteiger partial charge in [-0.05, 0) is 57.2 Å². The number of piperazine rings is 1. The molecule has 0 spiro atoms. The number of aromatic nitrogens is 2. The summed E-state index contributed by atoms with van der Waals surface area (Å²) in [6.45, 7) is 11.0. The molecule has 160 valence electrons. The summed E-state index contributed by atoms with van der Waals surface area (Å²) in [5, 5.41) is 3.07. The number of anilines is 3. The van der Waals surface area contributed by atoms with Gasteiger partial charge in [-0.15, -0.1) is 0 Å². The summed E-state index contributed by atoms with van der Waals surface area (Å²) in [6.07, 6.45) is 3.76. The molecule has 1 aromatic heterocycles. The van der Waals surface area contributed by atoms with Crippen LogP contribution in [0.15, 0.2) is 24.3 Å². The fourth-order valence-corrected chi connectivity index (χ4v) is 4.14. The first-order valence-electron chi connectivity index (χ1n) is 11.0. The van der Waals surface area contributed by atoms with E-state index in [1.54, 1.807) is 0 Å². The summed E-state index contributed by atoms with van der Waals surface area (Å²) >= 11 is 0. The van der Waals surface area contributed by atoms with Gasteiger partial charge in [-0.25, -0.2) is 9.78 Å². The van der Waals surface area contributed by atoms with Crippen molar-refractivity contribution in [1.82, 2.24) is 14.9 Å². The van der Waals surface area contributed by atoms with E-state index in [-0.39, 0.29) is 6.03 Å². The lowest BCUT2D eigenvalue weighted by Gasteiger charge is -2.35. The molecular weight excluding hydrogens is 376 g/mol. The highest BCUT2D eigenvalue weighted by Gasteiger charge is 2.24. The van der Waals surface area contributed by atoms with Crippen LogP contribution in [0.25, 0.3) is 0 Å². The van der Waals surface area contributed by atoms with Crippen molar-refractivity contribution in [2.24, 2.45) is 0 Å². The number of rotatable bonds is 3. The number of nitrogens with one attached hydrogen (secondary N) is 1. The molecule has 0 aliphatic carbocycles. The van der Waals surface area contributed by atoms with Gasteiger partial charge in [0.25, 0.3) is 0 Å². The van der Waals surface area contributed by atoms with E-state index in [4.69, 9.17) is 4.98 Å². The van der Waals surface area contributed by atoms with Gasteiger partial charge in [0, 0.05) is 56.7 Å². The van der Waals surface area contributed by atoms with Gasteiger partial charge < -0.3 is 20.0 Å². The van der Waals surface area contributed by atoms with Gasteiger partial charge >= 0.3 is 6.03 Å². The maximum Gasteiger partial charge on any atom is 0.321 e. The van der Waals surface area contributed by atoms with Crippen molar-refractivity contribution in [3.63, 3.8) is 0 Å². The van der Waals surface area contributed by atoms with Crippen molar-refractivity contribution in [1.29, 1.82) is 0 Å². The van der Waals surface area contributed by atoms with Gasteiger partial charge in [0.1, 0.15) is 5.82 Å². The number of benzene rings is 1. The Kier molecular flexibility index (Phi) is 6.06. The molecule has 7 nitrogen and oxygen atoms in total. The molecule has 2 aliphatic heterocycles. The largest absolute Gasteiger partial charge is 0.356 e. The molecule has 30 heavy (non-hydrogen) atoms. The van der Waals surface area contributed by atoms with Crippen LogP contribution in [0, 0.1) is 20.8 Å². The molecule has 2 amide bonds. The molecule has 0 unspecified atom stereocenters. The highest BCUT2D eigenvalue weighted by molar-refractivity contribution is 5.90. The maximum atomic E-state index is 12.7. The number of hydrogen-bond donors (Lipinski definition) is 1. The minimum absolute atomic E-state index is 0.0393. The van der Waals surface area contributed by atoms with Crippen LogP contribution in [-0.4, -0.2) is 60.2 Å². The van der Waals surface area contributed by atoms with Crippen molar-refractivity contribution in [2.75, 3.05) is 54.4 Å². The van der Waals surface area contributed by atoms with Crippen LogP contribution in [0.5, 0.6) is 0 Å². The number of amides is 2. The molecule has 0 atom stereocenters. The highest BCUT2D eigenvalue weighted by atomic mass is 16.2. The van der Waals surface area contributed by atoms with E-state index in [0.29, 0.717) is 13.1 Å². The lowest BCUT2D eigenvalue weighted by molar-refractivity contribution is 0.208. The Morgan fingerprint density at radius 2 is 1.60 bits per heavy atom. The molecule has 0 saturated carbocycles. The average molecular weight is 409 g/mol. The lowest BCUT2D eigenvalue weighted by Crippen LogP contribution is -2.50. The minimum atomic E-state index is -0.0393. The van der Waals surface area contributed by atoms with Crippen LogP contribution in [0.1, 0.15) is 36.1 Å². The predicted octanol–water partition coefficient (Wildman–Crippen LogP) is 3.75. The second-order valence-corrected chi connectivity index (χ2v) is 8.44. The predicted molar refractivity (Wildman–Crippen MR) is 122 cm³/mol. The third kappa shape index (κ3) is 4.66. The molecule has 2 saturated heterocycles. The summed E-state index contributed by atoms with van der Waals surface area (Å²) in [7, 11) is 0. The van der Waals surface area contributed by atoms with Crippen LogP contribution in [-0.2, 0) is 0 Å². The summed E-state index contributed by atoms with van der Waals surface area (Å²) < 4.78 is 0. The Labute approximate surface area is 179 Å². The molecular formula is C23H32N6O. The first kappa shape index (κ1) is 20.4. The topological polar surface area (TPSA) is 64.6 Å².